The number of aromatic nitrogens is 1. The summed E-state index contributed by atoms with van der Waals surface area (Å²) in [5, 5.41) is 14.5. The number of pyridine rings is 1. The second kappa shape index (κ2) is 12.5. The average Bonchev–Trinajstić information content (AvgIpc) is 2.92. The van der Waals surface area contributed by atoms with E-state index in [4.69, 9.17) is 5.11 Å². The number of amides is 3. The number of halogens is 1. The third kappa shape index (κ3) is 7.28. The summed E-state index contributed by atoms with van der Waals surface area (Å²) in [6, 6.07) is 16.3. The molecule has 2 aromatic carbocycles. The van der Waals surface area contributed by atoms with Crippen molar-refractivity contribution in [1.82, 2.24) is 15.2 Å². The molecule has 0 atom stereocenters. The second-order valence-electron chi connectivity index (χ2n) is 11.3. The van der Waals surface area contributed by atoms with Gasteiger partial charge in [0, 0.05) is 43.1 Å². The van der Waals surface area contributed by atoms with Crippen LogP contribution in [0.2, 0.25) is 0 Å². The Morgan fingerprint density at radius 3 is 2.32 bits per heavy atom. The van der Waals surface area contributed by atoms with Crippen molar-refractivity contribution in [3.05, 3.63) is 72.2 Å². The quantitative estimate of drug-likeness (QED) is 0.294. The molecule has 3 N–H and O–H groups in total. The van der Waals surface area contributed by atoms with Crippen molar-refractivity contribution in [2.45, 2.75) is 64.5 Å². The van der Waals surface area contributed by atoms with Gasteiger partial charge in [0.1, 0.15) is 5.82 Å². The minimum Gasteiger partial charge on any atom is -0.465 e. The Balaban J connectivity index is 1.54. The van der Waals surface area contributed by atoms with E-state index in [1.165, 1.54) is 6.07 Å². The molecule has 0 spiro atoms. The molecule has 0 aliphatic heterocycles. The van der Waals surface area contributed by atoms with E-state index in [0.29, 0.717) is 23.4 Å². The molecule has 1 aliphatic rings. The maximum Gasteiger partial charge on any atom is 0.405 e. The van der Waals surface area contributed by atoms with Gasteiger partial charge in [0.2, 0.25) is 11.8 Å². The number of carboxylic acid groups (broad SMARTS) is 1. The molecule has 8 nitrogen and oxygen atoms in total. The molecule has 3 aromatic rings. The van der Waals surface area contributed by atoms with Crippen molar-refractivity contribution in [1.29, 1.82) is 0 Å². The van der Waals surface area contributed by atoms with E-state index in [1.807, 2.05) is 43.4 Å². The first-order chi connectivity index (χ1) is 19.4. The lowest BCUT2D eigenvalue weighted by molar-refractivity contribution is -0.130. The number of anilines is 1. The van der Waals surface area contributed by atoms with Crippen LogP contribution >= 0.6 is 0 Å². The van der Waals surface area contributed by atoms with E-state index >= 15 is 4.39 Å². The van der Waals surface area contributed by atoms with E-state index in [0.717, 1.165) is 36.8 Å². The third-order valence-corrected chi connectivity index (χ3v) is 7.93. The number of hydrogen-bond donors (Lipinski definition) is 3. The SMILES string of the molecule is CC(=O)N(C)[C@H]1CC[C@H](CC(=O)Nc2cnc(-c3ccc(C(C)(C)NC(=O)O)c(F)c3)c(-c3ccccc3)c2)CC1. The number of hydrogen-bond acceptors (Lipinski definition) is 4. The van der Waals surface area contributed by atoms with Crippen LogP contribution in [0.15, 0.2) is 60.8 Å². The van der Waals surface area contributed by atoms with Gasteiger partial charge in [-0.1, -0.05) is 42.5 Å². The summed E-state index contributed by atoms with van der Waals surface area (Å²) in [7, 11) is 1.83. The van der Waals surface area contributed by atoms with Gasteiger partial charge >= 0.3 is 6.09 Å². The van der Waals surface area contributed by atoms with Gasteiger partial charge in [-0.25, -0.2) is 9.18 Å². The number of nitrogens with one attached hydrogen (secondary N) is 2. The minimum atomic E-state index is -1.24. The van der Waals surface area contributed by atoms with Crippen molar-refractivity contribution < 1.29 is 23.9 Å². The smallest absolute Gasteiger partial charge is 0.405 e. The van der Waals surface area contributed by atoms with Crippen LogP contribution in [0, 0.1) is 11.7 Å². The highest BCUT2D eigenvalue weighted by Crippen LogP contribution is 2.35. The van der Waals surface area contributed by atoms with E-state index < -0.39 is 17.4 Å². The van der Waals surface area contributed by atoms with Crippen molar-refractivity contribution >= 4 is 23.6 Å². The molecule has 0 bridgehead atoms. The van der Waals surface area contributed by atoms with Crippen LogP contribution in [0.5, 0.6) is 0 Å². The van der Waals surface area contributed by atoms with Crippen molar-refractivity contribution in [2.75, 3.05) is 12.4 Å². The van der Waals surface area contributed by atoms with Crippen molar-refractivity contribution in [3.63, 3.8) is 0 Å². The molecule has 0 radical (unpaired) electrons. The molecule has 4 rings (SSSR count). The van der Waals surface area contributed by atoms with Crippen LogP contribution in [0.3, 0.4) is 0 Å². The average molecular weight is 561 g/mol. The molecule has 1 aromatic heterocycles. The van der Waals surface area contributed by atoms with Crippen LogP contribution in [0.4, 0.5) is 14.9 Å². The maximum atomic E-state index is 15.3. The molecule has 0 unspecified atom stereocenters. The Morgan fingerprint density at radius 1 is 1.02 bits per heavy atom. The normalized spacial score (nSPS) is 17.0. The van der Waals surface area contributed by atoms with Gasteiger partial charge in [-0.3, -0.25) is 14.6 Å². The highest BCUT2D eigenvalue weighted by Gasteiger charge is 2.28. The molecule has 1 saturated carbocycles. The maximum absolute atomic E-state index is 15.3. The highest BCUT2D eigenvalue weighted by atomic mass is 19.1. The van der Waals surface area contributed by atoms with Crippen LogP contribution in [0.1, 0.15) is 58.4 Å². The predicted molar refractivity (Wildman–Crippen MR) is 157 cm³/mol. The Morgan fingerprint density at radius 2 is 1.71 bits per heavy atom. The first-order valence-electron chi connectivity index (χ1n) is 13.8. The van der Waals surface area contributed by atoms with Crippen LogP contribution in [0.25, 0.3) is 22.4 Å². The molecule has 3 amide bonds. The first-order valence-corrected chi connectivity index (χ1v) is 13.8. The Bertz CT molecular complexity index is 1420. The molecule has 1 heterocycles. The van der Waals surface area contributed by atoms with E-state index in [-0.39, 0.29) is 29.3 Å². The Hall–Kier alpha value is -4.27. The summed E-state index contributed by atoms with van der Waals surface area (Å²) in [5.74, 6) is -0.322. The predicted octanol–water partition coefficient (Wildman–Crippen LogP) is 6.42. The van der Waals surface area contributed by atoms with E-state index in [9.17, 15) is 14.4 Å². The van der Waals surface area contributed by atoms with Gasteiger partial charge in [0.15, 0.2) is 0 Å². The number of carbonyl (C=O) groups excluding carboxylic acids is 2. The lowest BCUT2D eigenvalue weighted by Crippen LogP contribution is -2.40. The van der Waals surface area contributed by atoms with Crippen LogP contribution in [-0.4, -0.2) is 46.0 Å². The third-order valence-electron chi connectivity index (χ3n) is 7.93. The summed E-state index contributed by atoms with van der Waals surface area (Å²) >= 11 is 0. The summed E-state index contributed by atoms with van der Waals surface area (Å²) in [6.45, 7) is 4.77. The fourth-order valence-corrected chi connectivity index (χ4v) is 5.57. The topological polar surface area (TPSA) is 112 Å². The van der Waals surface area contributed by atoms with Gasteiger partial charge < -0.3 is 20.6 Å². The standard InChI is InChI=1S/C32H37FN4O4/c1-20(38)37(4)25-13-10-21(11-14-25)16-29(39)35-24-18-26(22-8-6-5-7-9-22)30(34-19-24)23-12-15-27(28(33)17-23)32(2,3)36-31(40)41/h5-9,12,15,17-19,21,25,36H,10-11,13-14,16H2,1-4H3,(H,35,39)(H,40,41)/t21-,25-. The molecule has 1 aliphatic carbocycles. The molecule has 41 heavy (non-hydrogen) atoms. The summed E-state index contributed by atoms with van der Waals surface area (Å²) in [4.78, 5) is 42.2. The number of nitrogens with zero attached hydrogens (tertiary/aromatic N) is 2. The van der Waals surface area contributed by atoms with Gasteiger partial charge in [-0.2, -0.15) is 0 Å². The zero-order valence-corrected chi connectivity index (χ0v) is 23.9. The number of benzene rings is 2. The first kappa shape index (κ1) is 29.7. The van der Waals surface area contributed by atoms with Gasteiger partial charge in [-0.05, 0) is 63.1 Å². The molecular formula is C32H37FN4O4. The Kier molecular flexibility index (Phi) is 9.05. The largest absolute Gasteiger partial charge is 0.465 e. The molecule has 9 heteroatoms. The van der Waals surface area contributed by atoms with E-state index in [1.54, 1.807) is 44.0 Å². The van der Waals surface area contributed by atoms with Crippen LogP contribution < -0.4 is 10.6 Å². The molecule has 216 valence electrons. The monoisotopic (exact) mass is 560 g/mol. The summed E-state index contributed by atoms with van der Waals surface area (Å²) in [5.41, 5.74) is 2.30. The van der Waals surface area contributed by atoms with Crippen molar-refractivity contribution in [2.24, 2.45) is 5.92 Å². The fourth-order valence-electron chi connectivity index (χ4n) is 5.57. The number of carbonyl (C=O) groups is 3. The zero-order chi connectivity index (χ0) is 29.7. The number of rotatable bonds is 8. The highest BCUT2D eigenvalue weighted by molar-refractivity contribution is 5.93. The fraction of sp³-hybridized carbons (Fsp3) is 0.375. The molecule has 0 saturated heterocycles. The summed E-state index contributed by atoms with van der Waals surface area (Å²) < 4.78 is 15.3. The van der Waals surface area contributed by atoms with Crippen molar-refractivity contribution in [3.8, 4) is 22.4 Å². The van der Waals surface area contributed by atoms with Gasteiger partial charge in [0.25, 0.3) is 0 Å². The zero-order valence-electron chi connectivity index (χ0n) is 23.9. The van der Waals surface area contributed by atoms with E-state index in [2.05, 4.69) is 15.6 Å². The molecular weight excluding hydrogens is 523 g/mol. The second-order valence-corrected chi connectivity index (χ2v) is 11.3. The van der Waals surface area contributed by atoms with Gasteiger partial charge in [0.05, 0.1) is 23.1 Å². The van der Waals surface area contributed by atoms with Gasteiger partial charge in [-0.15, -0.1) is 0 Å². The Labute approximate surface area is 240 Å². The summed E-state index contributed by atoms with van der Waals surface area (Å²) in [6.07, 6.45) is 4.29. The van der Waals surface area contributed by atoms with Crippen LogP contribution in [-0.2, 0) is 15.1 Å². The lowest BCUT2D eigenvalue weighted by atomic mass is 9.83. The minimum absolute atomic E-state index is 0.0640. The lowest BCUT2D eigenvalue weighted by Gasteiger charge is -2.34. The molecule has 1 fully saturated rings.